The molecular weight excluding hydrogens is 508 g/mol. The monoisotopic (exact) mass is 548 g/mol. The molecule has 0 bridgehead atoms. The van der Waals surface area contributed by atoms with Crippen molar-refractivity contribution >= 4 is 35.6 Å². The highest BCUT2D eigenvalue weighted by atomic mass is 16.4. The van der Waals surface area contributed by atoms with Gasteiger partial charge in [-0.15, -0.1) is 0 Å². The summed E-state index contributed by atoms with van der Waals surface area (Å²) in [7, 11) is 0. The topological polar surface area (TPSA) is 258 Å². The van der Waals surface area contributed by atoms with E-state index in [4.69, 9.17) is 22.9 Å². The number of carbonyl (C=O) groups is 5. The highest BCUT2D eigenvalue weighted by molar-refractivity contribution is 5.95. The number of guanidine groups is 1. The van der Waals surface area contributed by atoms with E-state index in [0.29, 0.717) is 12.0 Å². The van der Waals surface area contributed by atoms with Gasteiger partial charge in [0.25, 0.3) is 0 Å². The van der Waals surface area contributed by atoms with Gasteiger partial charge in [0.15, 0.2) is 5.96 Å². The van der Waals surface area contributed by atoms with E-state index >= 15 is 0 Å². The fraction of sp³-hybridized carbons (Fsp3) is 0.520. The van der Waals surface area contributed by atoms with Crippen molar-refractivity contribution in [3.8, 4) is 0 Å². The number of carboxylic acids is 1. The van der Waals surface area contributed by atoms with Crippen LogP contribution in [0.25, 0.3) is 0 Å². The van der Waals surface area contributed by atoms with Crippen molar-refractivity contribution in [3.05, 3.63) is 35.9 Å². The first-order valence-electron chi connectivity index (χ1n) is 12.6. The number of rotatable bonds is 17. The fourth-order valence-electron chi connectivity index (χ4n) is 3.66. The van der Waals surface area contributed by atoms with Crippen LogP contribution >= 0.6 is 0 Å². The molecule has 39 heavy (non-hydrogen) atoms. The van der Waals surface area contributed by atoms with Crippen LogP contribution in [0.4, 0.5) is 0 Å². The molecule has 1 aromatic carbocycles. The maximum absolute atomic E-state index is 13.2. The molecule has 0 aliphatic carbocycles. The Morgan fingerprint density at radius 1 is 0.872 bits per heavy atom. The zero-order valence-electron chi connectivity index (χ0n) is 22.3. The number of carboxylic acid groups (broad SMARTS) is 1. The lowest BCUT2D eigenvalue weighted by molar-refractivity contribution is -0.142. The molecule has 4 unspecified atom stereocenters. The summed E-state index contributed by atoms with van der Waals surface area (Å²) < 4.78 is 0. The van der Waals surface area contributed by atoms with Crippen LogP contribution < -0.4 is 38.9 Å². The Balaban J connectivity index is 3.05. The van der Waals surface area contributed by atoms with Crippen molar-refractivity contribution in [2.45, 2.75) is 70.1 Å². The summed E-state index contributed by atoms with van der Waals surface area (Å²) in [6, 6.07) is 4.05. The van der Waals surface area contributed by atoms with Gasteiger partial charge in [-0.1, -0.05) is 44.2 Å². The first-order valence-corrected chi connectivity index (χ1v) is 12.6. The molecule has 0 heterocycles. The average Bonchev–Trinajstić information content (AvgIpc) is 2.84. The average molecular weight is 549 g/mol. The highest BCUT2D eigenvalue weighted by Crippen LogP contribution is 2.09. The SMILES string of the molecule is CC(C)CC(NC(=O)C(CCCN=C(N)N)NC(=O)C(N)CC(N)=O)C(=O)NC(Cc1ccccc1)C(=O)O. The molecule has 0 fully saturated rings. The Kier molecular flexibility index (Phi) is 14.0. The van der Waals surface area contributed by atoms with E-state index < -0.39 is 60.2 Å². The molecule has 1 rings (SSSR count). The van der Waals surface area contributed by atoms with Crippen LogP contribution in [0, 0.1) is 5.92 Å². The largest absolute Gasteiger partial charge is 0.480 e. The third-order valence-corrected chi connectivity index (χ3v) is 5.57. The summed E-state index contributed by atoms with van der Waals surface area (Å²) in [5.74, 6) is -4.36. The minimum Gasteiger partial charge on any atom is -0.480 e. The van der Waals surface area contributed by atoms with Crippen LogP contribution in [-0.4, -0.2) is 71.4 Å². The summed E-state index contributed by atoms with van der Waals surface area (Å²) in [5.41, 5.74) is 22.2. The summed E-state index contributed by atoms with van der Waals surface area (Å²) in [6.45, 7) is 3.84. The summed E-state index contributed by atoms with van der Waals surface area (Å²) in [4.78, 5) is 65.7. The van der Waals surface area contributed by atoms with Crippen molar-refractivity contribution in [1.82, 2.24) is 16.0 Å². The van der Waals surface area contributed by atoms with Crippen LogP contribution in [0.2, 0.25) is 0 Å². The molecule has 0 saturated heterocycles. The normalized spacial score (nSPS) is 13.8. The van der Waals surface area contributed by atoms with E-state index in [2.05, 4.69) is 20.9 Å². The van der Waals surface area contributed by atoms with Crippen molar-refractivity contribution in [2.75, 3.05) is 6.54 Å². The highest BCUT2D eigenvalue weighted by Gasteiger charge is 2.31. The smallest absolute Gasteiger partial charge is 0.326 e. The lowest BCUT2D eigenvalue weighted by Gasteiger charge is -2.26. The molecule has 0 aliphatic rings. The number of carbonyl (C=O) groups excluding carboxylic acids is 4. The van der Waals surface area contributed by atoms with E-state index in [1.807, 2.05) is 13.8 Å². The van der Waals surface area contributed by atoms with Crippen molar-refractivity contribution in [3.63, 3.8) is 0 Å². The van der Waals surface area contributed by atoms with Gasteiger partial charge in [-0.05, 0) is 30.7 Å². The lowest BCUT2D eigenvalue weighted by Crippen LogP contribution is -2.57. The second-order valence-corrected chi connectivity index (χ2v) is 9.57. The predicted molar refractivity (Wildman–Crippen MR) is 145 cm³/mol. The maximum Gasteiger partial charge on any atom is 0.326 e. The van der Waals surface area contributed by atoms with Gasteiger partial charge < -0.3 is 44.0 Å². The predicted octanol–water partition coefficient (Wildman–Crippen LogP) is -1.93. The van der Waals surface area contributed by atoms with Gasteiger partial charge >= 0.3 is 5.97 Å². The molecule has 4 amide bonds. The molecular formula is C25H40N8O6. The van der Waals surface area contributed by atoms with Crippen LogP contribution in [-0.2, 0) is 30.4 Å². The van der Waals surface area contributed by atoms with E-state index in [-0.39, 0.29) is 37.7 Å². The third-order valence-electron chi connectivity index (χ3n) is 5.57. The number of aliphatic carboxylic acids is 1. The standard InChI is InChI=1S/C25H40N8O6/c1-14(2)11-18(23(37)33-19(24(38)39)12-15-7-4-3-5-8-15)32-22(36)17(9-6-10-30-25(28)29)31-21(35)16(26)13-20(27)34/h3-5,7-8,14,16-19H,6,9-13,26H2,1-2H3,(H2,27,34)(H,31,35)(H,32,36)(H,33,37)(H,38,39)(H4,28,29,30). The van der Waals surface area contributed by atoms with Crippen LogP contribution in [0.1, 0.15) is 45.1 Å². The third kappa shape index (κ3) is 13.2. The summed E-state index contributed by atoms with van der Waals surface area (Å²) in [6.07, 6.45) is 0.196. The number of amides is 4. The Bertz CT molecular complexity index is 1010. The van der Waals surface area contributed by atoms with Gasteiger partial charge in [0, 0.05) is 13.0 Å². The van der Waals surface area contributed by atoms with Gasteiger partial charge in [0.1, 0.15) is 18.1 Å². The maximum atomic E-state index is 13.2. The second kappa shape index (κ2) is 16.6. The van der Waals surface area contributed by atoms with Crippen molar-refractivity contribution in [2.24, 2.45) is 33.8 Å². The molecule has 0 radical (unpaired) electrons. The summed E-state index contributed by atoms with van der Waals surface area (Å²) in [5, 5.41) is 17.3. The molecule has 4 atom stereocenters. The van der Waals surface area contributed by atoms with Crippen LogP contribution in [0.5, 0.6) is 0 Å². The van der Waals surface area contributed by atoms with Gasteiger partial charge in [-0.3, -0.25) is 24.2 Å². The Hall–Kier alpha value is -4.20. The van der Waals surface area contributed by atoms with E-state index in [0.717, 1.165) is 0 Å². The van der Waals surface area contributed by atoms with Crippen LogP contribution in [0.15, 0.2) is 35.3 Å². The fourth-order valence-corrected chi connectivity index (χ4v) is 3.66. The second-order valence-electron chi connectivity index (χ2n) is 9.57. The Morgan fingerprint density at radius 3 is 1.97 bits per heavy atom. The number of benzene rings is 1. The molecule has 216 valence electrons. The molecule has 0 saturated carbocycles. The molecule has 0 spiro atoms. The summed E-state index contributed by atoms with van der Waals surface area (Å²) >= 11 is 0. The number of aliphatic imine (C=N–C) groups is 1. The number of hydrogen-bond donors (Lipinski definition) is 8. The minimum absolute atomic E-state index is 0.0441. The van der Waals surface area contributed by atoms with Gasteiger partial charge in [0.05, 0.1) is 12.5 Å². The molecule has 14 heteroatoms. The first kappa shape index (κ1) is 32.8. The number of primary amides is 1. The molecule has 0 aliphatic heterocycles. The van der Waals surface area contributed by atoms with Crippen molar-refractivity contribution in [1.29, 1.82) is 0 Å². The van der Waals surface area contributed by atoms with E-state index in [9.17, 15) is 29.1 Å². The van der Waals surface area contributed by atoms with Crippen LogP contribution in [0.3, 0.4) is 0 Å². The molecule has 12 N–H and O–H groups in total. The molecule has 0 aromatic heterocycles. The van der Waals surface area contributed by atoms with E-state index in [1.54, 1.807) is 30.3 Å². The minimum atomic E-state index is -1.28. The number of nitrogens with zero attached hydrogens (tertiary/aromatic N) is 1. The number of nitrogens with one attached hydrogen (secondary N) is 3. The number of nitrogens with two attached hydrogens (primary N) is 4. The Labute approximate surface area is 227 Å². The van der Waals surface area contributed by atoms with Gasteiger partial charge in [-0.2, -0.15) is 0 Å². The zero-order chi connectivity index (χ0) is 29.5. The molecule has 14 nitrogen and oxygen atoms in total. The Morgan fingerprint density at radius 2 is 1.44 bits per heavy atom. The quantitative estimate of drug-likeness (QED) is 0.0611. The van der Waals surface area contributed by atoms with E-state index in [1.165, 1.54) is 0 Å². The van der Waals surface area contributed by atoms with Gasteiger partial charge in [-0.25, -0.2) is 4.79 Å². The zero-order valence-corrected chi connectivity index (χ0v) is 22.3. The van der Waals surface area contributed by atoms with Crippen molar-refractivity contribution < 1.29 is 29.1 Å². The number of hydrogen-bond acceptors (Lipinski definition) is 7. The lowest BCUT2D eigenvalue weighted by atomic mass is 10.0. The first-order chi connectivity index (χ1) is 18.3. The molecule has 1 aromatic rings. The van der Waals surface area contributed by atoms with Gasteiger partial charge in [0.2, 0.25) is 23.6 Å².